The van der Waals surface area contributed by atoms with Gasteiger partial charge in [0.25, 0.3) is 5.56 Å². The predicted octanol–water partition coefficient (Wildman–Crippen LogP) is 5.91. The lowest BCUT2D eigenvalue weighted by atomic mass is 10.0. The first kappa shape index (κ1) is 23.3. The Morgan fingerprint density at radius 2 is 1.83 bits per heavy atom. The molecule has 1 amide bonds. The van der Waals surface area contributed by atoms with Gasteiger partial charge in [0.15, 0.2) is 5.16 Å². The van der Waals surface area contributed by atoms with Crippen LogP contribution >= 0.6 is 23.1 Å². The highest BCUT2D eigenvalue weighted by molar-refractivity contribution is 7.99. The molecule has 176 valence electrons. The molecular formula is C27H24N4O2S2. The number of thiophene rings is 1. The van der Waals surface area contributed by atoms with Crippen molar-refractivity contribution in [2.45, 2.75) is 31.5 Å². The molecule has 1 N–H and O–H groups in total. The van der Waals surface area contributed by atoms with E-state index in [0.29, 0.717) is 27.8 Å². The Kier molecular flexibility index (Phi) is 6.66. The molecule has 0 aliphatic rings. The Hall–Kier alpha value is -3.49. The zero-order valence-electron chi connectivity index (χ0n) is 19.4. The minimum atomic E-state index is -0.153. The molecule has 2 aromatic carbocycles. The number of hydrogen-bond acceptors (Lipinski definition) is 6. The summed E-state index contributed by atoms with van der Waals surface area (Å²) >= 11 is 2.63. The highest BCUT2D eigenvalue weighted by Gasteiger charge is 2.18. The van der Waals surface area contributed by atoms with Crippen LogP contribution in [0.3, 0.4) is 0 Å². The number of amides is 1. The lowest BCUT2D eigenvalue weighted by Crippen LogP contribution is -2.24. The van der Waals surface area contributed by atoms with Crippen LogP contribution < -0.4 is 10.9 Å². The van der Waals surface area contributed by atoms with Crippen molar-refractivity contribution in [3.63, 3.8) is 0 Å². The quantitative estimate of drug-likeness (QED) is 0.222. The van der Waals surface area contributed by atoms with Gasteiger partial charge in [-0.25, -0.2) is 9.97 Å². The molecule has 8 heteroatoms. The van der Waals surface area contributed by atoms with Crippen molar-refractivity contribution in [1.82, 2.24) is 14.5 Å². The zero-order valence-corrected chi connectivity index (χ0v) is 21.0. The van der Waals surface area contributed by atoms with Crippen molar-refractivity contribution in [2.75, 3.05) is 11.1 Å². The number of aromatic nitrogens is 3. The summed E-state index contributed by atoms with van der Waals surface area (Å²) in [5.74, 6) is 0.421. The van der Waals surface area contributed by atoms with Gasteiger partial charge in [0.05, 0.1) is 17.8 Å². The van der Waals surface area contributed by atoms with Gasteiger partial charge in [0, 0.05) is 17.3 Å². The summed E-state index contributed by atoms with van der Waals surface area (Å²) < 4.78 is 2.25. The third kappa shape index (κ3) is 4.99. The van der Waals surface area contributed by atoms with Crippen molar-refractivity contribution in [3.05, 3.63) is 94.4 Å². The van der Waals surface area contributed by atoms with E-state index in [1.165, 1.54) is 28.7 Å². The van der Waals surface area contributed by atoms with E-state index in [0.717, 1.165) is 21.5 Å². The fourth-order valence-corrected chi connectivity index (χ4v) is 5.65. The lowest BCUT2D eigenvalue weighted by Gasteiger charge is -2.13. The maximum Gasteiger partial charge on any atom is 0.272 e. The van der Waals surface area contributed by atoms with Crippen LogP contribution in [0.5, 0.6) is 0 Å². The highest BCUT2D eigenvalue weighted by atomic mass is 32.2. The molecule has 5 aromatic rings. The summed E-state index contributed by atoms with van der Waals surface area (Å²) in [7, 11) is 0. The number of thioether (sulfide) groups is 1. The number of carbonyl (C=O) groups excluding carboxylic acids is 1. The third-order valence-corrected chi connectivity index (χ3v) is 7.76. The van der Waals surface area contributed by atoms with E-state index in [2.05, 4.69) is 48.4 Å². The zero-order chi connectivity index (χ0) is 24.4. The number of para-hydroxylation sites is 1. The van der Waals surface area contributed by atoms with Crippen LogP contribution in [0.1, 0.15) is 30.9 Å². The largest absolute Gasteiger partial charge is 0.325 e. The average molecular weight is 501 g/mol. The van der Waals surface area contributed by atoms with E-state index in [9.17, 15) is 9.59 Å². The molecule has 0 aliphatic heterocycles. The molecule has 0 saturated heterocycles. The number of rotatable bonds is 7. The maximum atomic E-state index is 13.6. The van der Waals surface area contributed by atoms with Crippen LogP contribution in [0, 0.1) is 0 Å². The second-order valence-electron chi connectivity index (χ2n) is 8.52. The van der Waals surface area contributed by atoms with Gasteiger partial charge in [0.2, 0.25) is 5.91 Å². The highest BCUT2D eigenvalue weighted by Crippen LogP contribution is 2.30. The van der Waals surface area contributed by atoms with E-state index in [1.54, 1.807) is 10.8 Å². The van der Waals surface area contributed by atoms with Gasteiger partial charge in [-0.05, 0) is 41.3 Å². The third-order valence-electron chi connectivity index (χ3n) is 5.69. The number of nitrogens with one attached hydrogen (secondary N) is 1. The van der Waals surface area contributed by atoms with Crippen LogP contribution in [0.25, 0.3) is 20.4 Å². The molecule has 0 fully saturated rings. The van der Waals surface area contributed by atoms with Gasteiger partial charge < -0.3 is 5.32 Å². The SMILES string of the molecule is CC(C)c1ccc(Cn2c(SCC(=O)Nc3ccccc3)nc3c(sc4ncccc43)c2=O)cc1. The molecule has 35 heavy (non-hydrogen) atoms. The molecule has 6 nitrogen and oxygen atoms in total. The lowest BCUT2D eigenvalue weighted by molar-refractivity contribution is -0.113. The van der Waals surface area contributed by atoms with Crippen molar-refractivity contribution >= 4 is 55.1 Å². The second kappa shape index (κ2) is 10.0. The van der Waals surface area contributed by atoms with Crippen LogP contribution in [0.4, 0.5) is 5.69 Å². The molecule has 0 saturated carbocycles. The number of benzene rings is 2. The van der Waals surface area contributed by atoms with Crippen molar-refractivity contribution in [3.8, 4) is 0 Å². The van der Waals surface area contributed by atoms with E-state index in [4.69, 9.17) is 4.98 Å². The first-order valence-corrected chi connectivity index (χ1v) is 13.1. The summed E-state index contributed by atoms with van der Waals surface area (Å²) in [5.41, 5.74) is 3.52. The molecule has 0 radical (unpaired) electrons. The molecule has 0 spiro atoms. The standard InChI is InChI=1S/C27H24N4O2S2/c1-17(2)19-12-10-18(11-13-19)15-31-26(33)24-23(21-9-6-14-28-25(21)35-24)30-27(31)34-16-22(32)29-20-7-4-3-5-8-20/h3-14,17H,15-16H2,1-2H3,(H,29,32). The first-order chi connectivity index (χ1) is 17.0. The number of anilines is 1. The van der Waals surface area contributed by atoms with Gasteiger partial charge in [0.1, 0.15) is 9.53 Å². The van der Waals surface area contributed by atoms with Crippen LogP contribution in [0.2, 0.25) is 0 Å². The molecule has 0 bridgehead atoms. The number of fused-ring (bicyclic) bond motifs is 3. The summed E-state index contributed by atoms with van der Waals surface area (Å²) in [6, 6.07) is 21.4. The van der Waals surface area contributed by atoms with Gasteiger partial charge in [-0.3, -0.25) is 14.2 Å². The fourth-order valence-electron chi connectivity index (χ4n) is 3.83. The Balaban J connectivity index is 1.51. The predicted molar refractivity (Wildman–Crippen MR) is 145 cm³/mol. The van der Waals surface area contributed by atoms with Gasteiger partial charge in [-0.1, -0.05) is 68.1 Å². The second-order valence-corrected chi connectivity index (χ2v) is 10.5. The summed E-state index contributed by atoms with van der Waals surface area (Å²) in [5, 5.41) is 4.26. The van der Waals surface area contributed by atoms with Gasteiger partial charge in [-0.15, -0.1) is 11.3 Å². The summed E-state index contributed by atoms with van der Waals surface area (Å²) in [4.78, 5) is 36.3. The molecule has 5 rings (SSSR count). The first-order valence-electron chi connectivity index (χ1n) is 11.3. The number of pyridine rings is 1. The smallest absolute Gasteiger partial charge is 0.272 e. The minimum absolute atomic E-state index is 0.114. The molecule has 3 aromatic heterocycles. The maximum absolute atomic E-state index is 13.6. The molecule has 3 heterocycles. The van der Waals surface area contributed by atoms with Crippen LogP contribution in [-0.4, -0.2) is 26.2 Å². The Morgan fingerprint density at radius 3 is 2.57 bits per heavy atom. The Labute approximate surface area is 211 Å². The Bertz CT molecular complexity index is 1560. The molecule has 0 unspecified atom stereocenters. The van der Waals surface area contributed by atoms with Crippen molar-refractivity contribution in [1.29, 1.82) is 0 Å². The average Bonchev–Trinajstić information content (AvgIpc) is 3.24. The molecule has 0 atom stereocenters. The molecular weight excluding hydrogens is 476 g/mol. The van der Waals surface area contributed by atoms with Gasteiger partial charge in [-0.2, -0.15) is 0 Å². The van der Waals surface area contributed by atoms with Crippen LogP contribution in [-0.2, 0) is 11.3 Å². The number of nitrogens with zero attached hydrogens (tertiary/aromatic N) is 3. The normalized spacial score (nSPS) is 11.4. The van der Waals surface area contributed by atoms with E-state index in [1.807, 2.05) is 42.5 Å². The van der Waals surface area contributed by atoms with Gasteiger partial charge >= 0.3 is 0 Å². The summed E-state index contributed by atoms with van der Waals surface area (Å²) in [6.45, 7) is 4.69. The summed E-state index contributed by atoms with van der Waals surface area (Å²) in [6.07, 6.45) is 1.72. The van der Waals surface area contributed by atoms with Crippen molar-refractivity contribution in [2.24, 2.45) is 0 Å². The van der Waals surface area contributed by atoms with Crippen molar-refractivity contribution < 1.29 is 4.79 Å². The van der Waals surface area contributed by atoms with Crippen LogP contribution in [0.15, 0.2) is 82.9 Å². The van der Waals surface area contributed by atoms with E-state index < -0.39 is 0 Å². The number of carbonyl (C=O) groups is 1. The Morgan fingerprint density at radius 1 is 1.06 bits per heavy atom. The topological polar surface area (TPSA) is 76.9 Å². The number of hydrogen-bond donors (Lipinski definition) is 1. The van der Waals surface area contributed by atoms with E-state index >= 15 is 0 Å². The fraction of sp³-hybridized carbons (Fsp3) is 0.185. The minimum Gasteiger partial charge on any atom is -0.325 e. The monoisotopic (exact) mass is 500 g/mol. The molecule has 0 aliphatic carbocycles. The van der Waals surface area contributed by atoms with E-state index in [-0.39, 0.29) is 17.2 Å².